The Hall–Kier alpha value is -4.46. The van der Waals surface area contributed by atoms with E-state index in [1.807, 2.05) is 48.7 Å². The van der Waals surface area contributed by atoms with Gasteiger partial charge in [0.1, 0.15) is 0 Å². The van der Waals surface area contributed by atoms with Crippen LogP contribution in [0.3, 0.4) is 0 Å². The van der Waals surface area contributed by atoms with E-state index in [1.54, 1.807) is 24.4 Å². The molecule has 0 amide bonds. The van der Waals surface area contributed by atoms with Gasteiger partial charge in [-0.3, -0.25) is 15.5 Å². The molecule has 0 atom stereocenters. The van der Waals surface area contributed by atoms with Gasteiger partial charge < -0.3 is 9.30 Å². The third kappa shape index (κ3) is 4.49. The van der Waals surface area contributed by atoms with E-state index in [1.165, 1.54) is 19.2 Å². The maximum absolute atomic E-state index is 11.8. The number of anilines is 1. The van der Waals surface area contributed by atoms with E-state index >= 15 is 0 Å². The zero-order valence-corrected chi connectivity index (χ0v) is 17.3. The Balaban J connectivity index is 1.57. The second-order valence-electron chi connectivity index (χ2n) is 7.10. The number of para-hydroxylation sites is 1. The molecule has 0 radical (unpaired) electrons. The fourth-order valence-electron chi connectivity index (χ4n) is 3.45. The largest absolute Gasteiger partial charge is 0.465 e. The molecule has 3 aromatic carbocycles. The molecule has 1 N–H and O–H groups in total. The van der Waals surface area contributed by atoms with Crippen LogP contribution in [0.15, 0.2) is 84.1 Å². The van der Waals surface area contributed by atoms with Gasteiger partial charge in [0.2, 0.25) is 0 Å². The van der Waals surface area contributed by atoms with Crippen molar-refractivity contribution in [3.05, 3.63) is 106 Å². The SMILES string of the molecule is COC(=O)c1cccc(Cn2cc(/C=N\Nc3ccc([N+](=O)[O-])cc3)c3ccccc32)c1. The van der Waals surface area contributed by atoms with E-state index in [4.69, 9.17) is 4.74 Å². The highest BCUT2D eigenvalue weighted by molar-refractivity contribution is 5.99. The highest BCUT2D eigenvalue weighted by Crippen LogP contribution is 2.22. The summed E-state index contributed by atoms with van der Waals surface area (Å²) < 4.78 is 6.91. The molecule has 0 aliphatic carbocycles. The first-order valence-corrected chi connectivity index (χ1v) is 9.84. The molecular formula is C24H20N4O4. The topological polar surface area (TPSA) is 98.8 Å². The van der Waals surface area contributed by atoms with Gasteiger partial charge in [-0.25, -0.2) is 4.79 Å². The number of nitrogens with zero attached hydrogens (tertiary/aromatic N) is 3. The molecule has 0 fully saturated rings. The normalized spacial score (nSPS) is 11.0. The molecule has 0 bridgehead atoms. The number of non-ortho nitro benzene ring substituents is 1. The first-order valence-electron chi connectivity index (χ1n) is 9.84. The van der Waals surface area contributed by atoms with E-state index in [0.29, 0.717) is 17.8 Å². The van der Waals surface area contributed by atoms with Crippen molar-refractivity contribution >= 4 is 34.5 Å². The number of hydrazone groups is 1. The number of hydrogen-bond acceptors (Lipinski definition) is 6. The van der Waals surface area contributed by atoms with Gasteiger partial charge in [0, 0.05) is 41.3 Å². The summed E-state index contributed by atoms with van der Waals surface area (Å²) in [5, 5.41) is 16.1. The molecule has 4 rings (SSSR count). The van der Waals surface area contributed by atoms with Crippen molar-refractivity contribution in [2.75, 3.05) is 12.5 Å². The highest BCUT2D eigenvalue weighted by atomic mass is 16.6. The predicted molar refractivity (Wildman–Crippen MR) is 123 cm³/mol. The van der Waals surface area contributed by atoms with Crippen LogP contribution >= 0.6 is 0 Å². The molecular weight excluding hydrogens is 408 g/mol. The maximum atomic E-state index is 11.8. The van der Waals surface area contributed by atoms with Crippen LogP contribution in [0, 0.1) is 10.1 Å². The van der Waals surface area contributed by atoms with E-state index < -0.39 is 4.92 Å². The van der Waals surface area contributed by atoms with Crippen LogP contribution in [-0.2, 0) is 11.3 Å². The Morgan fingerprint density at radius 2 is 1.91 bits per heavy atom. The number of nitrogens with one attached hydrogen (secondary N) is 1. The molecule has 4 aromatic rings. The number of hydrogen-bond donors (Lipinski definition) is 1. The van der Waals surface area contributed by atoms with Gasteiger partial charge in [-0.1, -0.05) is 30.3 Å². The minimum Gasteiger partial charge on any atom is -0.465 e. The summed E-state index contributed by atoms with van der Waals surface area (Å²) >= 11 is 0. The van der Waals surface area contributed by atoms with Gasteiger partial charge in [-0.2, -0.15) is 5.10 Å². The number of rotatable bonds is 7. The minimum atomic E-state index is -0.442. The van der Waals surface area contributed by atoms with Crippen molar-refractivity contribution in [3.8, 4) is 0 Å². The van der Waals surface area contributed by atoms with E-state index in [2.05, 4.69) is 15.1 Å². The summed E-state index contributed by atoms with van der Waals surface area (Å²) in [5.41, 5.74) is 7.00. The average Bonchev–Trinajstić information content (AvgIpc) is 3.16. The molecule has 0 saturated heterocycles. The van der Waals surface area contributed by atoms with Gasteiger partial charge in [0.25, 0.3) is 5.69 Å². The van der Waals surface area contributed by atoms with Crippen LogP contribution in [-0.4, -0.2) is 28.8 Å². The Bertz CT molecular complexity index is 1310. The first-order chi connectivity index (χ1) is 15.5. The fourth-order valence-corrected chi connectivity index (χ4v) is 3.45. The standard InChI is InChI=1S/C24H20N4O4/c1-32-24(29)18-6-4-5-17(13-18)15-27-16-19(22-7-2-3-8-23(22)27)14-25-26-20-9-11-21(12-10-20)28(30)31/h2-14,16,26H,15H2,1H3/b25-14-. The number of nitro groups is 1. The zero-order valence-electron chi connectivity index (χ0n) is 17.3. The first kappa shape index (κ1) is 20.8. The van der Waals surface area contributed by atoms with Crippen LogP contribution in [0.25, 0.3) is 10.9 Å². The van der Waals surface area contributed by atoms with Crippen molar-refractivity contribution in [1.82, 2.24) is 4.57 Å². The van der Waals surface area contributed by atoms with Crippen molar-refractivity contribution < 1.29 is 14.5 Å². The van der Waals surface area contributed by atoms with Gasteiger partial charge in [-0.05, 0) is 35.9 Å². The average molecular weight is 428 g/mol. The molecule has 160 valence electrons. The predicted octanol–water partition coefficient (Wildman–Crippen LogP) is 4.83. The van der Waals surface area contributed by atoms with Gasteiger partial charge >= 0.3 is 5.97 Å². The highest BCUT2D eigenvalue weighted by Gasteiger charge is 2.10. The summed E-state index contributed by atoms with van der Waals surface area (Å²) in [6.07, 6.45) is 3.71. The third-order valence-electron chi connectivity index (χ3n) is 5.00. The summed E-state index contributed by atoms with van der Waals surface area (Å²) in [7, 11) is 1.37. The Morgan fingerprint density at radius 3 is 2.66 bits per heavy atom. The zero-order chi connectivity index (χ0) is 22.5. The van der Waals surface area contributed by atoms with E-state index in [9.17, 15) is 14.9 Å². The monoisotopic (exact) mass is 428 g/mol. The number of carbonyl (C=O) groups is 1. The number of aromatic nitrogens is 1. The molecule has 1 aromatic heterocycles. The third-order valence-corrected chi connectivity index (χ3v) is 5.00. The number of esters is 1. The summed E-state index contributed by atoms with van der Waals surface area (Å²) in [4.78, 5) is 22.2. The smallest absolute Gasteiger partial charge is 0.337 e. The molecule has 8 heteroatoms. The van der Waals surface area contributed by atoms with Crippen LogP contribution in [0.1, 0.15) is 21.5 Å². The van der Waals surface area contributed by atoms with Crippen molar-refractivity contribution in [2.45, 2.75) is 6.54 Å². The number of carbonyl (C=O) groups excluding carboxylic acids is 1. The Labute approximate surface area is 183 Å². The molecule has 0 aliphatic heterocycles. The number of benzene rings is 3. The van der Waals surface area contributed by atoms with Crippen molar-refractivity contribution in [1.29, 1.82) is 0 Å². The molecule has 8 nitrogen and oxygen atoms in total. The lowest BCUT2D eigenvalue weighted by Crippen LogP contribution is -2.03. The van der Waals surface area contributed by atoms with Crippen LogP contribution in [0.4, 0.5) is 11.4 Å². The fraction of sp³-hybridized carbons (Fsp3) is 0.0833. The van der Waals surface area contributed by atoms with E-state index in [-0.39, 0.29) is 11.7 Å². The number of nitro benzene ring substituents is 1. The number of ether oxygens (including phenoxy) is 1. The lowest BCUT2D eigenvalue weighted by atomic mass is 10.1. The summed E-state index contributed by atoms with van der Waals surface area (Å²) in [6.45, 7) is 0.578. The van der Waals surface area contributed by atoms with E-state index in [0.717, 1.165) is 22.0 Å². The van der Waals surface area contributed by atoms with Gasteiger partial charge in [0.05, 0.1) is 29.5 Å². The number of methoxy groups -OCH3 is 1. The lowest BCUT2D eigenvalue weighted by Gasteiger charge is -2.07. The second-order valence-corrected chi connectivity index (χ2v) is 7.10. The van der Waals surface area contributed by atoms with Crippen LogP contribution < -0.4 is 5.43 Å². The second kappa shape index (κ2) is 9.13. The Kier molecular flexibility index (Phi) is 5.94. The lowest BCUT2D eigenvalue weighted by molar-refractivity contribution is -0.384. The Morgan fingerprint density at radius 1 is 1.12 bits per heavy atom. The molecule has 1 heterocycles. The number of fused-ring (bicyclic) bond motifs is 1. The maximum Gasteiger partial charge on any atom is 0.337 e. The van der Waals surface area contributed by atoms with Crippen LogP contribution in [0.5, 0.6) is 0 Å². The van der Waals surface area contributed by atoms with Crippen molar-refractivity contribution in [2.24, 2.45) is 5.10 Å². The van der Waals surface area contributed by atoms with Crippen molar-refractivity contribution in [3.63, 3.8) is 0 Å². The molecule has 32 heavy (non-hydrogen) atoms. The summed E-state index contributed by atoms with van der Waals surface area (Å²) in [5.74, 6) is -0.366. The molecule has 0 unspecified atom stereocenters. The van der Waals surface area contributed by atoms with Gasteiger partial charge in [-0.15, -0.1) is 0 Å². The molecule has 0 aliphatic rings. The van der Waals surface area contributed by atoms with Crippen LogP contribution in [0.2, 0.25) is 0 Å². The molecule has 0 spiro atoms. The minimum absolute atomic E-state index is 0.0267. The van der Waals surface area contributed by atoms with Gasteiger partial charge in [0.15, 0.2) is 0 Å². The molecule has 0 saturated carbocycles. The summed E-state index contributed by atoms with van der Waals surface area (Å²) in [6, 6.07) is 21.4. The quantitative estimate of drug-likeness (QED) is 0.197.